The minimum absolute atomic E-state index is 0.250. The molecule has 1 fully saturated rings. The Bertz CT molecular complexity index is 775. The van der Waals surface area contributed by atoms with E-state index in [4.69, 9.17) is 21.5 Å². The van der Waals surface area contributed by atoms with Gasteiger partial charge in [0.2, 0.25) is 0 Å². The fraction of sp³-hybridized carbons (Fsp3) is 0.278. The van der Waals surface area contributed by atoms with Crippen LogP contribution in [0.1, 0.15) is 30.9 Å². The number of aromatic nitrogens is 1. The Morgan fingerprint density at radius 1 is 1.14 bits per heavy atom. The quantitative estimate of drug-likeness (QED) is 0.628. The second-order valence-electron chi connectivity index (χ2n) is 5.74. The molecule has 0 unspecified atom stereocenters. The Balaban J connectivity index is 0.000000446. The summed E-state index contributed by atoms with van der Waals surface area (Å²) in [6.07, 6.45) is 3.95. The van der Waals surface area contributed by atoms with Crippen molar-refractivity contribution in [2.45, 2.75) is 32.2 Å². The summed E-state index contributed by atoms with van der Waals surface area (Å²) in [6.45, 7) is 1.90. The average molecular weight is 316 g/mol. The van der Waals surface area contributed by atoms with E-state index in [0.717, 1.165) is 5.02 Å². The number of halogens is 1. The number of carbonyl (C=O) groups is 1. The smallest absolute Gasteiger partial charge is 0.290 e. The minimum atomic E-state index is -0.250. The lowest BCUT2D eigenvalue weighted by Gasteiger charge is -2.29. The number of hydrogen-bond donors (Lipinski definition) is 1. The summed E-state index contributed by atoms with van der Waals surface area (Å²) in [5.41, 5.74) is 3.99. The van der Waals surface area contributed by atoms with Crippen molar-refractivity contribution in [2.24, 2.45) is 0 Å². The number of fused-ring (bicyclic) bond motifs is 3. The lowest BCUT2D eigenvalue weighted by Crippen LogP contribution is -2.16. The van der Waals surface area contributed by atoms with E-state index in [1.807, 2.05) is 6.07 Å². The van der Waals surface area contributed by atoms with Gasteiger partial charge in [0.25, 0.3) is 6.47 Å². The van der Waals surface area contributed by atoms with Crippen molar-refractivity contribution in [2.75, 3.05) is 0 Å². The molecule has 2 aromatic carbocycles. The zero-order valence-electron chi connectivity index (χ0n) is 12.4. The van der Waals surface area contributed by atoms with Crippen LogP contribution in [-0.4, -0.2) is 16.1 Å². The summed E-state index contributed by atoms with van der Waals surface area (Å²) in [6, 6.07) is 13.7. The van der Waals surface area contributed by atoms with E-state index in [2.05, 4.69) is 41.8 Å². The molecule has 0 aliphatic heterocycles. The van der Waals surface area contributed by atoms with Gasteiger partial charge in [-0.3, -0.25) is 4.79 Å². The molecular formula is C18H18ClNO2. The van der Waals surface area contributed by atoms with E-state index in [1.165, 1.54) is 46.6 Å². The highest BCUT2D eigenvalue weighted by Gasteiger charge is 2.23. The first-order valence-corrected chi connectivity index (χ1v) is 7.81. The monoisotopic (exact) mass is 315 g/mol. The Hall–Kier alpha value is -2.00. The molecule has 0 spiro atoms. The fourth-order valence-corrected chi connectivity index (χ4v) is 3.35. The summed E-state index contributed by atoms with van der Waals surface area (Å²) >= 11 is 6.19. The number of carboxylic acid groups (broad SMARTS) is 1. The van der Waals surface area contributed by atoms with Gasteiger partial charge < -0.3 is 9.67 Å². The van der Waals surface area contributed by atoms with Crippen molar-refractivity contribution in [1.29, 1.82) is 0 Å². The molecule has 3 nitrogen and oxygen atoms in total. The molecule has 1 aromatic heterocycles. The molecule has 0 amide bonds. The third-order valence-electron chi connectivity index (χ3n) is 4.36. The van der Waals surface area contributed by atoms with Crippen molar-refractivity contribution in [3.8, 4) is 0 Å². The van der Waals surface area contributed by atoms with Crippen molar-refractivity contribution in [1.82, 2.24) is 4.57 Å². The van der Waals surface area contributed by atoms with Gasteiger partial charge in [0.15, 0.2) is 0 Å². The molecule has 1 N–H and O–H groups in total. The molecule has 1 aliphatic carbocycles. The second-order valence-corrected chi connectivity index (χ2v) is 6.18. The number of benzene rings is 2. The van der Waals surface area contributed by atoms with Crippen molar-refractivity contribution >= 4 is 39.9 Å². The van der Waals surface area contributed by atoms with E-state index in [1.54, 1.807) is 0 Å². The predicted molar refractivity (Wildman–Crippen MR) is 90.8 cm³/mol. The third kappa shape index (κ3) is 2.46. The third-order valence-corrected chi connectivity index (χ3v) is 4.59. The van der Waals surface area contributed by atoms with Crippen LogP contribution in [0.2, 0.25) is 5.02 Å². The van der Waals surface area contributed by atoms with Crippen LogP contribution in [-0.2, 0) is 4.79 Å². The van der Waals surface area contributed by atoms with Crippen LogP contribution in [0.25, 0.3) is 21.8 Å². The Morgan fingerprint density at radius 2 is 1.73 bits per heavy atom. The summed E-state index contributed by atoms with van der Waals surface area (Å²) < 4.78 is 2.52. The van der Waals surface area contributed by atoms with Crippen molar-refractivity contribution in [3.63, 3.8) is 0 Å². The largest absolute Gasteiger partial charge is 0.483 e. The predicted octanol–water partition coefficient (Wildman–Crippen LogP) is 5.18. The van der Waals surface area contributed by atoms with Crippen molar-refractivity contribution < 1.29 is 9.90 Å². The molecule has 1 saturated carbocycles. The van der Waals surface area contributed by atoms with Gasteiger partial charge >= 0.3 is 0 Å². The lowest BCUT2D eigenvalue weighted by molar-refractivity contribution is -0.122. The maximum atomic E-state index is 8.36. The van der Waals surface area contributed by atoms with Crippen LogP contribution in [0.15, 0.2) is 36.4 Å². The summed E-state index contributed by atoms with van der Waals surface area (Å²) in [4.78, 5) is 8.36. The SMILES string of the molecule is Cc1ccc2c(c1)c1cc(Cl)ccc1n2C1CCC1.O=CO. The molecule has 3 aromatic rings. The zero-order valence-corrected chi connectivity index (χ0v) is 13.2. The standard InChI is InChI=1S/C17H16ClN.CH2O2/c1-11-5-7-16-14(9-11)15-10-12(18)6-8-17(15)19(16)13-3-2-4-13;2-1-3/h5-10,13H,2-4H2,1H3;1H,(H,2,3). The lowest BCUT2D eigenvalue weighted by atomic mass is 9.92. The van der Waals surface area contributed by atoms with Gasteiger partial charge in [-0.2, -0.15) is 0 Å². The number of nitrogens with zero attached hydrogens (tertiary/aromatic N) is 1. The first-order valence-electron chi connectivity index (χ1n) is 7.43. The van der Waals surface area contributed by atoms with Gasteiger partial charge in [-0.25, -0.2) is 0 Å². The van der Waals surface area contributed by atoms with E-state index in [0.29, 0.717) is 6.04 Å². The van der Waals surface area contributed by atoms with Gasteiger partial charge in [0.05, 0.1) is 0 Å². The molecule has 114 valence electrons. The first kappa shape index (κ1) is 14.9. The van der Waals surface area contributed by atoms with Crippen LogP contribution in [0.5, 0.6) is 0 Å². The molecule has 4 heteroatoms. The molecular weight excluding hydrogens is 298 g/mol. The first-order chi connectivity index (χ1) is 10.7. The highest BCUT2D eigenvalue weighted by atomic mass is 35.5. The van der Waals surface area contributed by atoms with E-state index < -0.39 is 0 Å². The zero-order chi connectivity index (χ0) is 15.7. The van der Waals surface area contributed by atoms with Gasteiger partial charge in [-0.05, 0) is 56.5 Å². The van der Waals surface area contributed by atoms with Gasteiger partial charge in [0, 0.05) is 32.9 Å². The molecule has 1 heterocycles. The van der Waals surface area contributed by atoms with E-state index >= 15 is 0 Å². The van der Waals surface area contributed by atoms with Gasteiger partial charge in [-0.1, -0.05) is 23.2 Å². The molecule has 4 rings (SSSR count). The molecule has 0 saturated heterocycles. The molecule has 1 aliphatic rings. The van der Waals surface area contributed by atoms with Crippen LogP contribution in [0.4, 0.5) is 0 Å². The number of rotatable bonds is 1. The molecule has 0 atom stereocenters. The van der Waals surface area contributed by atoms with E-state index in [9.17, 15) is 0 Å². The Kier molecular flexibility index (Phi) is 4.08. The molecule has 22 heavy (non-hydrogen) atoms. The Labute approximate surface area is 134 Å². The normalized spacial score (nSPS) is 14.5. The van der Waals surface area contributed by atoms with Gasteiger partial charge in [0.1, 0.15) is 0 Å². The van der Waals surface area contributed by atoms with Crippen LogP contribution in [0.3, 0.4) is 0 Å². The maximum absolute atomic E-state index is 8.36. The summed E-state index contributed by atoms with van der Waals surface area (Å²) in [5.74, 6) is 0. The number of aryl methyl sites for hydroxylation is 1. The molecule has 0 bridgehead atoms. The average Bonchev–Trinajstić information content (AvgIpc) is 2.72. The Morgan fingerprint density at radius 3 is 2.32 bits per heavy atom. The highest BCUT2D eigenvalue weighted by molar-refractivity contribution is 6.31. The minimum Gasteiger partial charge on any atom is -0.483 e. The maximum Gasteiger partial charge on any atom is 0.290 e. The van der Waals surface area contributed by atoms with Crippen LogP contribution in [0, 0.1) is 6.92 Å². The topological polar surface area (TPSA) is 42.2 Å². The van der Waals surface area contributed by atoms with Crippen molar-refractivity contribution in [3.05, 3.63) is 47.0 Å². The molecule has 0 radical (unpaired) electrons. The fourth-order valence-electron chi connectivity index (χ4n) is 3.18. The highest BCUT2D eigenvalue weighted by Crippen LogP contribution is 2.40. The summed E-state index contributed by atoms with van der Waals surface area (Å²) in [5, 5.41) is 10.3. The van der Waals surface area contributed by atoms with Crippen LogP contribution < -0.4 is 0 Å². The van der Waals surface area contributed by atoms with E-state index in [-0.39, 0.29) is 6.47 Å². The van der Waals surface area contributed by atoms with Crippen LogP contribution >= 0.6 is 11.6 Å². The summed E-state index contributed by atoms with van der Waals surface area (Å²) in [7, 11) is 0. The second kappa shape index (κ2) is 6.01. The number of hydrogen-bond acceptors (Lipinski definition) is 1. The van der Waals surface area contributed by atoms with Gasteiger partial charge in [-0.15, -0.1) is 0 Å².